The minimum absolute atomic E-state index is 0.310. The number of nitrogens with one attached hydrogen (secondary N) is 2. The zero-order chi connectivity index (χ0) is 16.1. The zero-order valence-corrected chi connectivity index (χ0v) is 14.2. The summed E-state index contributed by atoms with van der Waals surface area (Å²) in [4.78, 5) is 11.2. The Kier molecular flexibility index (Phi) is 12.6. The first-order chi connectivity index (χ1) is 9.93. The number of ether oxygens (including phenoxy) is 1. The summed E-state index contributed by atoms with van der Waals surface area (Å²) in [5, 5.41) is 15.7. The van der Waals surface area contributed by atoms with Crippen LogP contribution in [0.5, 0.6) is 0 Å². The summed E-state index contributed by atoms with van der Waals surface area (Å²) in [5.41, 5.74) is 0. The van der Waals surface area contributed by atoms with Gasteiger partial charge in [-0.15, -0.1) is 0 Å². The Labute approximate surface area is 129 Å². The summed E-state index contributed by atoms with van der Waals surface area (Å²) in [5.74, 6) is -0.482. The Balaban J connectivity index is 3.54. The molecule has 0 aromatic rings. The van der Waals surface area contributed by atoms with E-state index >= 15 is 0 Å². The van der Waals surface area contributed by atoms with E-state index in [1.165, 1.54) is 0 Å². The van der Waals surface area contributed by atoms with E-state index in [1.54, 1.807) is 0 Å². The van der Waals surface area contributed by atoms with Gasteiger partial charge in [0.25, 0.3) is 0 Å². The van der Waals surface area contributed by atoms with E-state index in [4.69, 9.17) is 4.74 Å². The van der Waals surface area contributed by atoms with Gasteiger partial charge in [-0.25, -0.2) is 0 Å². The van der Waals surface area contributed by atoms with Crippen LogP contribution < -0.4 is 10.6 Å². The summed E-state index contributed by atoms with van der Waals surface area (Å²) in [7, 11) is 0. The topological polar surface area (TPSA) is 70.6 Å². The molecule has 5 nitrogen and oxygen atoms in total. The predicted molar refractivity (Wildman–Crippen MR) is 86.6 cm³/mol. The molecule has 5 heteroatoms. The fourth-order valence-corrected chi connectivity index (χ4v) is 1.96. The Morgan fingerprint density at radius 2 is 1.76 bits per heavy atom. The van der Waals surface area contributed by atoms with Crippen molar-refractivity contribution in [3.05, 3.63) is 0 Å². The Morgan fingerprint density at radius 3 is 2.33 bits per heavy atom. The third kappa shape index (κ3) is 14.1. The lowest BCUT2D eigenvalue weighted by Crippen LogP contribution is -2.31. The second-order valence-electron chi connectivity index (χ2n) is 6.30. The Morgan fingerprint density at radius 1 is 1.10 bits per heavy atom. The largest absolute Gasteiger partial charge is 0.481 e. The zero-order valence-electron chi connectivity index (χ0n) is 14.2. The van der Waals surface area contributed by atoms with E-state index in [0.717, 1.165) is 32.5 Å². The van der Waals surface area contributed by atoms with Gasteiger partial charge >= 0.3 is 5.97 Å². The number of carbonyl (C=O) groups is 1. The van der Waals surface area contributed by atoms with Gasteiger partial charge in [0.15, 0.2) is 0 Å². The van der Waals surface area contributed by atoms with Crippen LogP contribution in [-0.4, -0.2) is 50.0 Å². The first-order valence-electron chi connectivity index (χ1n) is 8.18. The Hall–Kier alpha value is -0.650. The van der Waals surface area contributed by atoms with Gasteiger partial charge in [0.1, 0.15) is 0 Å². The molecule has 1 unspecified atom stereocenters. The molecule has 21 heavy (non-hydrogen) atoms. The van der Waals surface area contributed by atoms with Gasteiger partial charge in [-0.2, -0.15) is 0 Å². The molecule has 126 valence electrons. The first-order valence-corrected chi connectivity index (χ1v) is 8.18. The van der Waals surface area contributed by atoms with Crippen LogP contribution in [-0.2, 0) is 9.53 Å². The molecule has 0 saturated heterocycles. The van der Waals surface area contributed by atoms with E-state index in [1.807, 2.05) is 0 Å². The highest BCUT2D eigenvalue weighted by molar-refractivity contribution is 5.70. The molecule has 0 aromatic carbocycles. The van der Waals surface area contributed by atoms with Crippen molar-refractivity contribution < 1.29 is 14.6 Å². The summed E-state index contributed by atoms with van der Waals surface area (Å²) in [6.45, 7) is 12.2. The van der Waals surface area contributed by atoms with Gasteiger partial charge < -0.3 is 20.5 Å². The van der Waals surface area contributed by atoms with Crippen molar-refractivity contribution >= 4 is 5.97 Å². The summed E-state index contributed by atoms with van der Waals surface area (Å²) >= 11 is 0. The van der Waals surface area contributed by atoms with Gasteiger partial charge in [-0.1, -0.05) is 27.7 Å². The minimum Gasteiger partial charge on any atom is -0.481 e. The maximum absolute atomic E-state index is 11.2. The second-order valence-corrected chi connectivity index (χ2v) is 6.30. The quantitative estimate of drug-likeness (QED) is 0.429. The molecule has 3 N–H and O–H groups in total. The van der Waals surface area contributed by atoms with Crippen LogP contribution in [0.1, 0.15) is 47.0 Å². The van der Waals surface area contributed by atoms with E-state index in [-0.39, 0.29) is 5.92 Å². The van der Waals surface area contributed by atoms with Crippen LogP contribution in [0.15, 0.2) is 0 Å². The molecule has 0 aliphatic heterocycles. The van der Waals surface area contributed by atoms with Gasteiger partial charge in [-0.05, 0) is 38.3 Å². The standard InChI is InChI=1S/C16H34N2O3/c1-13(2)11-17-12-15(16(19)20)7-5-9-21-10-6-8-18-14(3)4/h13-15,17-18H,5-12H2,1-4H3,(H,19,20). The third-order valence-corrected chi connectivity index (χ3v) is 3.15. The molecule has 0 saturated carbocycles. The number of aliphatic carboxylic acids is 1. The molecule has 0 bridgehead atoms. The molecular weight excluding hydrogens is 268 g/mol. The fourth-order valence-electron chi connectivity index (χ4n) is 1.96. The minimum atomic E-state index is -0.715. The van der Waals surface area contributed by atoms with Gasteiger partial charge in [0.2, 0.25) is 0 Å². The van der Waals surface area contributed by atoms with Gasteiger partial charge in [0, 0.05) is 25.8 Å². The summed E-state index contributed by atoms with van der Waals surface area (Å²) in [6.07, 6.45) is 2.47. The SMILES string of the molecule is CC(C)CNCC(CCCOCCCNC(C)C)C(=O)O. The average Bonchev–Trinajstić information content (AvgIpc) is 2.38. The van der Waals surface area contributed by atoms with Crippen molar-refractivity contribution in [2.75, 3.05) is 32.8 Å². The van der Waals surface area contributed by atoms with Crippen molar-refractivity contribution in [1.82, 2.24) is 10.6 Å². The fraction of sp³-hybridized carbons (Fsp3) is 0.938. The van der Waals surface area contributed by atoms with Crippen LogP contribution in [0.4, 0.5) is 0 Å². The maximum Gasteiger partial charge on any atom is 0.307 e. The molecule has 0 spiro atoms. The lowest BCUT2D eigenvalue weighted by molar-refractivity contribution is -0.141. The number of carboxylic acids is 1. The molecule has 1 atom stereocenters. The van der Waals surface area contributed by atoms with E-state index in [2.05, 4.69) is 38.3 Å². The summed E-state index contributed by atoms with van der Waals surface area (Å²) in [6, 6.07) is 0.514. The molecule has 0 aromatic heterocycles. The van der Waals surface area contributed by atoms with Crippen LogP contribution in [0, 0.1) is 11.8 Å². The normalized spacial score (nSPS) is 13.0. The molecule has 0 radical (unpaired) electrons. The second kappa shape index (κ2) is 13.0. The van der Waals surface area contributed by atoms with Crippen LogP contribution >= 0.6 is 0 Å². The summed E-state index contributed by atoms with van der Waals surface area (Å²) < 4.78 is 5.53. The van der Waals surface area contributed by atoms with Crippen molar-refractivity contribution in [3.63, 3.8) is 0 Å². The number of hydrogen-bond donors (Lipinski definition) is 3. The molecule has 0 rings (SSSR count). The lowest BCUT2D eigenvalue weighted by atomic mass is 10.0. The Bertz CT molecular complexity index is 258. The highest BCUT2D eigenvalue weighted by Crippen LogP contribution is 2.06. The third-order valence-electron chi connectivity index (χ3n) is 3.15. The van der Waals surface area contributed by atoms with E-state index in [0.29, 0.717) is 31.5 Å². The lowest BCUT2D eigenvalue weighted by Gasteiger charge is -2.14. The highest BCUT2D eigenvalue weighted by atomic mass is 16.5. The van der Waals surface area contributed by atoms with E-state index < -0.39 is 5.97 Å². The smallest absolute Gasteiger partial charge is 0.307 e. The number of rotatable bonds is 14. The average molecular weight is 302 g/mol. The van der Waals surface area contributed by atoms with Crippen LogP contribution in [0.3, 0.4) is 0 Å². The van der Waals surface area contributed by atoms with Crippen molar-refractivity contribution in [3.8, 4) is 0 Å². The van der Waals surface area contributed by atoms with Crippen molar-refractivity contribution in [1.29, 1.82) is 0 Å². The number of hydrogen-bond acceptors (Lipinski definition) is 4. The number of carboxylic acid groups (broad SMARTS) is 1. The molecular formula is C16H34N2O3. The first kappa shape index (κ1) is 20.3. The highest BCUT2D eigenvalue weighted by Gasteiger charge is 2.16. The molecule has 0 fully saturated rings. The monoisotopic (exact) mass is 302 g/mol. The van der Waals surface area contributed by atoms with Crippen LogP contribution in [0.25, 0.3) is 0 Å². The maximum atomic E-state index is 11.2. The predicted octanol–water partition coefficient (Wildman–Crippen LogP) is 2.12. The molecule has 0 aliphatic rings. The molecule has 0 aliphatic carbocycles. The van der Waals surface area contributed by atoms with Crippen LogP contribution in [0.2, 0.25) is 0 Å². The molecule has 0 heterocycles. The van der Waals surface area contributed by atoms with Gasteiger partial charge in [0.05, 0.1) is 5.92 Å². The molecule has 0 amide bonds. The van der Waals surface area contributed by atoms with E-state index in [9.17, 15) is 9.90 Å². The van der Waals surface area contributed by atoms with Crippen molar-refractivity contribution in [2.24, 2.45) is 11.8 Å². The van der Waals surface area contributed by atoms with Gasteiger partial charge in [-0.3, -0.25) is 4.79 Å². The van der Waals surface area contributed by atoms with Crippen molar-refractivity contribution in [2.45, 2.75) is 53.0 Å².